The number of hydrogen-bond acceptors (Lipinski definition) is 0. The molecule has 0 bridgehead atoms. The first-order valence-electron chi connectivity index (χ1n) is 1.99. The molecule has 0 rings (SSSR count). The Kier molecular flexibility index (Phi) is 17.6. The molecule has 0 unspecified atom stereocenters. The van der Waals surface area contributed by atoms with Crippen LogP contribution in [0.25, 0.3) is 0 Å². The minimum absolute atomic E-state index is 0.0278. The van der Waals surface area contributed by atoms with Gasteiger partial charge in [0.25, 0.3) is 0 Å². The molecule has 0 saturated carbocycles. The van der Waals surface area contributed by atoms with Gasteiger partial charge in [-0.2, -0.15) is 33.2 Å². The van der Waals surface area contributed by atoms with Crippen molar-refractivity contribution in [2.75, 3.05) is 0 Å². The summed E-state index contributed by atoms with van der Waals surface area (Å²) in [6.07, 6.45) is 0. The summed E-state index contributed by atoms with van der Waals surface area (Å²) in [6.45, 7) is -1.06. The molecule has 0 N–H and O–H groups in total. The molecule has 0 aliphatic rings. The van der Waals surface area contributed by atoms with Gasteiger partial charge in [-0.3, -0.25) is 0 Å². The van der Waals surface area contributed by atoms with Crippen LogP contribution in [0.4, 0.5) is 0 Å². The second kappa shape index (κ2) is 10.7. The summed E-state index contributed by atoms with van der Waals surface area (Å²) < 4.78 is 0. The van der Waals surface area contributed by atoms with Gasteiger partial charge in [0, 0.05) is 19.5 Å². The van der Waals surface area contributed by atoms with Crippen LogP contribution in [0.2, 0.25) is 0 Å². The third-order valence-corrected chi connectivity index (χ3v) is 0. The molecular formula is H9Cl3Si4. The van der Waals surface area contributed by atoms with Gasteiger partial charge in [0.2, 0.25) is 6.93 Å². The van der Waals surface area contributed by atoms with Crippen molar-refractivity contribution in [1.82, 2.24) is 0 Å². The monoisotopic (exact) mass is 226 g/mol. The van der Waals surface area contributed by atoms with Gasteiger partial charge in [0.1, 0.15) is 8.35 Å². The van der Waals surface area contributed by atoms with E-state index in [9.17, 15) is 0 Å². The van der Waals surface area contributed by atoms with E-state index in [1.165, 1.54) is 9.76 Å². The molecule has 0 aromatic heterocycles. The number of rotatable bonds is 0. The van der Waals surface area contributed by atoms with Gasteiger partial charge in [-0.1, -0.05) is 0 Å². The Bertz CT molecular complexity index is 18.1. The van der Waals surface area contributed by atoms with Crippen molar-refractivity contribution in [2.24, 2.45) is 0 Å². The van der Waals surface area contributed by atoms with E-state index in [1.807, 2.05) is 0 Å². The minimum Gasteiger partial charge on any atom is -0.181 e. The Morgan fingerprint density at radius 1 is 1.43 bits per heavy atom. The van der Waals surface area contributed by atoms with Gasteiger partial charge >= 0.3 is 0 Å². The average molecular weight is 228 g/mol. The summed E-state index contributed by atoms with van der Waals surface area (Å²) in [5, 5.41) is 0. The smallest absolute Gasteiger partial charge is 0.181 e. The lowest BCUT2D eigenvalue weighted by Crippen LogP contribution is -1.85. The first-order chi connectivity index (χ1) is 3.15. The molecule has 0 radical (unpaired) electrons. The molecule has 7 heteroatoms. The zero-order valence-electron chi connectivity index (χ0n) is 4.42. The lowest BCUT2D eigenvalue weighted by Gasteiger charge is -1.68. The van der Waals surface area contributed by atoms with Gasteiger partial charge in [0.05, 0.1) is 0 Å². The van der Waals surface area contributed by atoms with Crippen LogP contribution >= 0.6 is 33.2 Å². The zero-order chi connectivity index (χ0) is 6.28. The third-order valence-electron chi connectivity index (χ3n) is 0. The molecule has 0 aromatic carbocycles. The van der Waals surface area contributed by atoms with Crippen LogP contribution in [-0.4, -0.2) is 34.8 Å². The maximum atomic E-state index is 5.24. The Morgan fingerprint density at radius 3 is 1.43 bits per heavy atom. The summed E-state index contributed by atoms with van der Waals surface area (Å²) in [7, 11) is 2.32. The molecule has 0 spiro atoms. The first-order valence-corrected chi connectivity index (χ1v) is 17.9. The van der Waals surface area contributed by atoms with Crippen molar-refractivity contribution in [2.45, 2.75) is 0 Å². The summed E-state index contributed by atoms with van der Waals surface area (Å²) in [5.74, 6) is 0. The normalized spacial score (nSPS) is 10.3. The van der Waals surface area contributed by atoms with Crippen molar-refractivity contribution in [3.63, 3.8) is 0 Å². The van der Waals surface area contributed by atoms with Gasteiger partial charge in [-0.15, -0.1) is 0 Å². The van der Waals surface area contributed by atoms with Crippen LogP contribution in [-0.2, 0) is 0 Å². The van der Waals surface area contributed by atoms with Gasteiger partial charge < -0.3 is 0 Å². The van der Waals surface area contributed by atoms with Gasteiger partial charge in [0.15, 0.2) is 0 Å². The highest BCUT2D eigenvalue weighted by Crippen LogP contribution is 1.83. The molecular weight excluding hydrogens is 219 g/mol. The largest absolute Gasteiger partial charge is 0.214 e. The van der Waals surface area contributed by atoms with E-state index in [-0.39, 0.29) is 8.35 Å². The summed E-state index contributed by atoms with van der Waals surface area (Å²) in [4.78, 5) is 0. The molecule has 0 fully saturated rings. The summed E-state index contributed by atoms with van der Waals surface area (Å²) in [6, 6.07) is 0. The van der Waals surface area contributed by atoms with E-state index in [2.05, 4.69) is 0 Å². The quantitative estimate of drug-likeness (QED) is 0.336. The molecule has 0 nitrogen and oxygen atoms in total. The maximum absolute atomic E-state index is 5.24. The predicted molar refractivity (Wildman–Crippen MR) is 53.1 cm³/mol. The zero-order valence-corrected chi connectivity index (χ0v) is 13.3. The lowest BCUT2D eigenvalue weighted by atomic mass is 27.0. The van der Waals surface area contributed by atoms with E-state index in [0.29, 0.717) is 0 Å². The third kappa shape index (κ3) is 84.4. The Labute approximate surface area is 67.9 Å². The summed E-state index contributed by atoms with van der Waals surface area (Å²) >= 11 is 15.7. The van der Waals surface area contributed by atoms with E-state index in [4.69, 9.17) is 33.2 Å². The highest BCUT2D eigenvalue weighted by Gasteiger charge is 1.80. The second-order valence-corrected chi connectivity index (χ2v) is 21.2. The molecule has 0 aliphatic heterocycles. The molecule has 0 atom stereocenters. The summed E-state index contributed by atoms with van der Waals surface area (Å²) in [5.41, 5.74) is 0. The van der Waals surface area contributed by atoms with E-state index >= 15 is 0 Å². The van der Waals surface area contributed by atoms with Crippen molar-refractivity contribution < 1.29 is 0 Å². The van der Waals surface area contributed by atoms with Crippen molar-refractivity contribution in [3.8, 4) is 0 Å². The highest BCUT2D eigenvalue weighted by atomic mass is 35.7. The van der Waals surface area contributed by atoms with Crippen molar-refractivity contribution in [3.05, 3.63) is 0 Å². The number of halogens is 3. The van der Waals surface area contributed by atoms with Gasteiger partial charge in [-0.05, 0) is 0 Å². The highest BCUT2D eigenvalue weighted by molar-refractivity contribution is 7.52. The van der Waals surface area contributed by atoms with Crippen LogP contribution < -0.4 is 0 Å². The van der Waals surface area contributed by atoms with Crippen molar-refractivity contribution in [1.29, 1.82) is 0 Å². The topological polar surface area (TPSA) is 0 Å². The maximum Gasteiger partial charge on any atom is 0.214 e. The first kappa shape index (κ1) is 11.5. The fourth-order valence-corrected chi connectivity index (χ4v) is 0. The Morgan fingerprint density at radius 2 is 1.43 bits per heavy atom. The van der Waals surface area contributed by atoms with E-state index < -0.39 is 6.93 Å². The molecule has 0 aromatic rings. The van der Waals surface area contributed by atoms with Crippen LogP contribution in [0.1, 0.15) is 0 Å². The SMILES string of the molecule is [SiH3][SiH2]Cl.[SiH3][SiH](Cl)Cl. The number of hydrogen-bond donors (Lipinski definition) is 0. The molecule has 0 amide bonds. The average Bonchev–Trinajstić information content (AvgIpc) is 1.33. The molecule has 46 valence electrons. The molecule has 0 saturated heterocycles. The Balaban J connectivity index is 0. The van der Waals surface area contributed by atoms with Crippen molar-refractivity contribution >= 4 is 68.0 Å². The van der Waals surface area contributed by atoms with Crippen LogP contribution in [0, 0.1) is 0 Å². The predicted octanol–water partition coefficient (Wildman–Crippen LogP) is -1.86. The van der Waals surface area contributed by atoms with Crippen LogP contribution in [0.15, 0.2) is 0 Å². The second-order valence-electron chi connectivity index (χ2n) is 0.786. The Hall–Kier alpha value is 1.74. The molecule has 7 heavy (non-hydrogen) atoms. The standard InChI is InChI=1S/Cl2H4Si2.ClH5Si2/c1-4(2)3;1-3-2/h4H,3H3;3H2,2H3. The van der Waals surface area contributed by atoms with E-state index in [0.717, 1.165) is 9.76 Å². The fourth-order valence-electron chi connectivity index (χ4n) is 0. The minimum atomic E-state index is -1.06. The fraction of sp³-hybridized carbons (Fsp3) is 0. The molecule has 0 heterocycles. The van der Waals surface area contributed by atoms with Crippen LogP contribution in [0.5, 0.6) is 0 Å². The van der Waals surface area contributed by atoms with E-state index in [1.54, 1.807) is 0 Å². The van der Waals surface area contributed by atoms with Gasteiger partial charge in [-0.25, -0.2) is 0 Å². The van der Waals surface area contributed by atoms with Crippen LogP contribution in [0.3, 0.4) is 0 Å². The lowest BCUT2D eigenvalue weighted by molar-refractivity contribution is 4.05. The molecule has 0 aliphatic carbocycles.